The van der Waals surface area contributed by atoms with Crippen LogP contribution in [0.5, 0.6) is 11.5 Å². The number of nitrogens with one attached hydrogen (secondary N) is 1. The summed E-state index contributed by atoms with van der Waals surface area (Å²) in [5, 5.41) is 20.6. The van der Waals surface area contributed by atoms with E-state index in [1.54, 1.807) is 48.5 Å². The number of ether oxygens (including phenoxy) is 1. The lowest BCUT2D eigenvalue weighted by Gasteiger charge is -2.09. The molecule has 0 bridgehead atoms. The van der Waals surface area contributed by atoms with Gasteiger partial charge in [0.15, 0.2) is 23.2 Å². The number of anilines is 1. The largest absolute Gasteiger partial charge is 0.453 e. The number of allylic oxidation sites excluding steroid dienone is 1. The molecule has 116 valence electrons. The normalized spacial score (nSPS) is 9.79. The summed E-state index contributed by atoms with van der Waals surface area (Å²) in [4.78, 5) is 4.11. The SMILES string of the molecule is N#CC(C#N)=CNc1ccc(Oc2cccc3ocnc23)c(Cl)c1. The monoisotopic (exact) mass is 336 g/mol. The number of para-hydroxylation sites is 1. The first-order valence-corrected chi connectivity index (χ1v) is 7.15. The summed E-state index contributed by atoms with van der Waals surface area (Å²) < 4.78 is 11.0. The van der Waals surface area contributed by atoms with Crippen molar-refractivity contribution in [2.45, 2.75) is 0 Å². The van der Waals surface area contributed by atoms with Crippen molar-refractivity contribution in [3.8, 4) is 23.6 Å². The molecule has 3 aromatic rings. The molecule has 2 aromatic carbocycles. The Hall–Kier alpha value is -3.48. The van der Waals surface area contributed by atoms with Gasteiger partial charge < -0.3 is 14.5 Å². The smallest absolute Gasteiger partial charge is 0.182 e. The standard InChI is InChI=1S/C17H9ClN4O2/c18-13-6-12(21-9-11(7-19)8-20)4-5-14(13)24-16-3-1-2-15-17(16)22-10-23-15/h1-6,9-10,21H. The van der Waals surface area contributed by atoms with Crippen LogP contribution < -0.4 is 10.1 Å². The molecule has 1 aromatic heterocycles. The zero-order valence-corrected chi connectivity index (χ0v) is 12.9. The van der Waals surface area contributed by atoms with Crippen molar-refractivity contribution < 1.29 is 9.15 Å². The van der Waals surface area contributed by atoms with Crippen LogP contribution in [0.25, 0.3) is 11.1 Å². The lowest BCUT2D eigenvalue weighted by atomic mass is 10.2. The minimum Gasteiger partial charge on any atom is -0.453 e. The molecule has 0 aliphatic carbocycles. The minimum absolute atomic E-state index is 0.0378. The van der Waals surface area contributed by atoms with Crippen LogP contribution in [0, 0.1) is 22.7 Å². The third kappa shape index (κ3) is 3.14. The number of aromatic nitrogens is 1. The number of benzene rings is 2. The number of fused-ring (bicyclic) bond motifs is 1. The van der Waals surface area contributed by atoms with Crippen molar-refractivity contribution in [3.05, 3.63) is 59.6 Å². The van der Waals surface area contributed by atoms with Gasteiger partial charge in [0.05, 0.1) is 5.02 Å². The predicted molar refractivity (Wildman–Crippen MR) is 88.5 cm³/mol. The Balaban J connectivity index is 1.83. The fraction of sp³-hybridized carbons (Fsp3) is 0. The summed E-state index contributed by atoms with van der Waals surface area (Å²) in [6, 6.07) is 13.9. The maximum Gasteiger partial charge on any atom is 0.182 e. The van der Waals surface area contributed by atoms with Gasteiger partial charge in [0.25, 0.3) is 0 Å². The van der Waals surface area contributed by atoms with Crippen molar-refractivity contribution in [1.82, 2.24) is 4.98 Å². The second-order valence-corrected chi connectivity index (χ2v) is 5.04. The molecule has 3 rings (SSSR count). The molecule has 0 amide bonds. The third-order valence-electron chi connectivity index (χ3n) is 3.10. The molecule has 0 unspecified atom stereocenters. The highest BCUT2D eigenvalue weighted by molar-refractivity contribution is 6.32. The van der Waals surface area contributed by atoms with Gasteiger partial charge in [-0.15, -0.1) is 0 Å². The Bertz CT molecular complexity index is 995. The van der Waals surface area contributed by atoms with E-state index in [1.165, 1.54) is 12.6 Å². The van der Waals surface area contributed by atoms with Crippen LogP contribution in [0.1, 0.15) is 0 Å². The maximum atomic E-state index is 8.70. The van der Waals surface area contributed by atoms with Gasteiger partial charge in [-0.25, -0.2) is 4.98 Å². The van der Waals surface area contributed by atoms with Gasteiger partial charge in [0, 0.05) is 11.9 Å². The van der Waals surface area contributed by atoms with Gasteiger partial charge in [-0.2, -0.15) is 10.5 Å². The highest BCUT2D eigenvalue weighted by Crippen LogP contribution is 2.34. The summed E-state index contributed by atoms with van der Waals surface area (Å²) >= 11 is 6.23. The number of oxazole rings is 1. The van der Waals surface area contributed by atoms with E-state index in [0.29, 0.717) is 33.3 Å². The Morgan fingerprint density at radius 1 is 1.21 bits per heavy atom. The molecule has 0 fully saturated rings. The Morgan fingerprint density at radius 3 is 2.79 bits per heavy atom. The van der Waals surface area contributed by atoms with Gasteiger partial charge in [0.2, 0.25) is 0 Å². The molecule has 0 atom stereocenters. The van der Waals surface area contributed by atoms with Crippen molar-refractivity contribution >= 4 is 28.4 Å². The van der Waals surface area contributed by atoms with Crippen LogP contribution >= 0.6 is 11.6 Å². The minimum atomic E-state index is -0.0378. The van der Waals surface area contributed by atoms with Gasteiger partial charge in [0.1, 0.15) is 23.5 Å². The van der Waals surface area contributed by atoms with E-state index in [4.69, 9.17) is 31.3 Å². The van der Waals surface area contributed by atoms with Gasteiger partial charge in [-0.05, 0) is 30.3 Å². The van der Waals surface area contributed by atoms with Crippen LogP contribution in [0.3, 0.4) is 0 Å². The lowest BCUT2D eigenvalue weighted by molar-refractivity contribution is 0.487. The Labute approximate surface area is 142 Å². The fourth-order valence-electron chi connectivity index (χ4n) is 1.98. The highest BCUT2D eigenvalue weighted by atomic mass is 35.5. The first kappa shape index (κ1) is 15.4. The molecule has 1 heterocycles. The number of halogens is 1. The van der Waals surface area contributed by atoms with Crippen LogP contribution in [0.4, 0.5) is 5.69 Å². The second kappa shape index (κ2) is 6.74. The first-order chi connectivity index (χ1) is 11.7. The number of rotatable bonds is 4. The van der Waals surface area contributed by atoms with Crippen LogP contribution in [0.15, 0.2) is 59.0 Å². The summed E-state index contributed by atoms with van der Waals surface area (Å²) in [5.74, 6) is 0.975. The number of hydrogen-bond acceptors (Lipinski definition) is 6. The molecule has 6 nitrogen and oxygen atoms in total. The maximum absolute atomic E-state index is 8.70. The molecule has 0 spiro atoms. The second-order valence-electron chi connectivity index (χ2n) is 4.63. The number of hydrogen-bond donors (Lipinski definition) is 1. The number of nitriles is 2. The summed E-state index contributed by atoms with van der Waals surface area (Å²) in [7, 11) is 0. The molecule has 7 heteroatoms. The van der Waals surface area contributed by atoms with E-state index < -0.39 is 0 Å². The van der Waals surface area contributed by atoms with Crippen LogP contribution in [-0.4, -0.2) is 4.98 Å². The van der Waals surface area contributed by atoms with Crippen molar-refractivity contribution in [3.63, 3.8) is 0 Å². The average Bonchev–Trinajstić information content (AvgIpc) is 3.08. The van der Waals surface area contributed by atoms with Crippen molar-refractivity contribution in [2.75, 3.05) is 5.32 Å². The third-order valence-corrected chi connectivity index (χ3v) is 3.39. The first-order valence-electron chi connectivity index (χ1n) is 6.78. The molecule has 24 heavy (non-hydrogen) atoms. The lowest BCUT2D eigenvalue weighted by Crippen LogP contribution is -1.91. The van der Waals surface area contributed by atoms with Crippen molar-refractivity contribution in [1.29, 1.82) is 10.5 Å². The molecule has 0 aliphatic heterocycles. The van der Waals surface area contributed by atoms with Gasteiger partial charge in [-0.3, -0.25) is 0 Å². The van der Waals surface area contributed by atoms with E-state index in [2.05, 4.69) is 10.3 Å². The molecule has 0 radical (unpaired) electrons. The number of nitrogens with zero attached hydrogens (tertiary/aromatic N) is 3. The fourth-order valence-corrected chi connectivity index (χ4v) is 2.20. The molecule has 1 N–H and O–H groups in total. The van der Waals surface area contributed by atoms with Gasteiger partial charge in [-0.1, -0.05) is 17.7 Å². The van der Waals surface area contributed by atoms with Gasteiger partial charge >= 0.3 is 0 Å². The Kier molecular flexibility index (Phi) is 4.33. The summed E-state index contributed by atoms with van der Waals surface area (Å²) in [6.07, 6.45) is 2.66. The van der Waals surface area contributed by atoms with Crippen molar-refractivity contribution in [2.24, 2.45) is 0 Å². The molecule has 0 saturated heterocycles. The van der Waals surface area contributed by atoms with Crippen LogP contribution in [0.2, 0.25) is 5.02 Å². The van der Waals surface area contributed by atoms with E-state index in [1.807, 2.05) is 0 Å². The average molecular weight is 337 g/mol. The Morgan fingerprint density at radius 2 is 2.04 bits per heavy atom. The molecular weight excluding hydrogens is 328 g/mol. The molecular formula is C17H9ClN4O2. The van der Waals surface area contributed by atoms with E-state index in [9.17, 15) is 0 Å². The topological polar surface area (TPSA) is 94.9 Å². The van der Waals surface area contributed by atoms with E-state index in [0.717, 1.165) is 0 Å². The summed E-state index contributed by atoms with van der Waals surface area (Å²) in [5.41, 5.74) is 1.80. The van der Waals surface area contributed by atoms with Crippen LogP contribution in [-0.2, 0) is 0 Å². The molecule has 0 saturated carbocycles. The summed E-state index contributed by atoms with van der Waals surface area (Å²) in [6.45, 7) is 0. The molecule has 0 aliphatic rings. The quantitative estimate of drug-likeness (QED) is 0.698. The zero-order valence-electron chi connectivity index (χ0n) is 12.2. The predicted octanol–water partition coefficient (Wildman–Crippen LogP) is 4.62. The van der Waals surface area contributed by atoms with E-state index >= 15 is 0 Å². The van der Waals surface area contributed by atoms with E-state index in [-0.39, 0.29) is 5.57 Å². The highest BCUT2D eigenvalue weighted by Gasteiger charge is 2.10. The zero-order chi connectivity index (χ0) is 16.9.